The zero-order valence-electron chi connectivity index (χ0n) is 11.3. The first-order valence-electron chi connectivity index (χ1n) is 6.18. The first-order valence-corrected chi connectivity index (χ1v) is 8.88. The van der Waals surface area contributed by atoms with Crippen molar-refractivity contribution in [2.24, 2.45) is 0 Å². The smallest absolute Gasteiger partial charge is 0.305 e. The molecule has 116 valence electrons. The van der Waals surface area contributed by atoms with Gasteiger partial charge in [-0.15, -0.1) is 11.3 Å². The number of ether oxygens (including phenoxy) is 1. The van der Waals surface area contributed by atoms with Gasteiger partial charge < -0.3 is 14.7 Å². The molecular weight excluding hydrogens is 318 g/mol. The maximum absolute atomic E-state index is 12.4. The summed E-state index contributed by atoms with van der Waals surface area (Å²) in [5.74, 6) is -1.39. The number of hydrogen-bond acceptors (Lipinski definition) is 6. The van der Waals surface area contributed by atoms with E-state index in [4.69, 9.17) is 9.84 Å². The number of hydrogen-bond donors (Lipinski definition) is 1. The van der Waals surface area contributed by atoms with E-state index < -0.39 is 21.8 Å². The molecule has 0 aromatic carbocycles. The molecule has 7 nitrogen and oxygen atoms in total. The van der Waals surface area contributed by atoms with Crippen molar-refractivity contribution < 1.29 is 27.9 Å². The van der Waals surface area contributed by atoms with Crippen LogP contribution in [0.5, 0.6) is 5.75 Å². The summed E-state index contributed by atoms with van der Waals surface area (Å²) < 4.78 is 28.3. The van der Waals surface area contributed by atoms with Gasteiger partial charge in [0.05, 0.1) is 36.0 Å². The second kappa shape index (κ2) is 6.02. The monoisotopic (exact) mass is 333 g/mol. The summed E-state index contributed by atoms with van der Waals surface area (Å²) in [6.07, 6.45) is -0.381. The summed E-state index contributed by atoms with van der Waals surface area (Å²) in [5, 5.41) is 10.6. The van der Waals surface area contributed by atoms with Gasteiger partial charge in [0.2, 0.25) is 0 Å². The molecule has 1 N–H and O–H groups in total. The van der Waals surface area contributed by atoms with E-state index in [1.807, 2.05) is 0 Å². The molecule has 1 aromatic heterocycles. The normalized spacial score (nSPS) is 21.0. The van der Waals surface area contributed by atoms with E-state index in [0.29, 0.717) is 10.6 Å². The van der Waals surface area contributed by atoms with Crippen molar-refractivity contribution in [2.75, 3.05) is 25.2 Å². The number of carbonyl (C=O) groups is 2. The maximum Gasteiger partial charge on any atom is 0.305 e. The summed E-state index contributed by atoms with van der Waals surface area (Å²) in [5.41, 5.74) is 0. The molecule has 1 aromatic rings. The third kappa shape index (κ3) is 3.73. The second-order valence-electron chi connectivity index (χ2n) is 4.72. The summed E-state index contributed by atoms with van der Waals surface area (Å²) in [4.78, 5) is 25.0. The fraction of sp³-hybridized carbons (Fsp3) is 0.500. The maximum atomic E-state index is 12.4. The van der Waals surface area contributed by atoms with Gasteiger partial charge in [0, 0.05) is 18.0 Å². The van der Waals surface area contributed by atoms with Crippen LogP contribution >= 0.6 is 11.3 Å². The quantitative estimate of drug-likeness (QED) is 0.859. The molecular formula is C12H15NO6S2. The average molecular weight is 333 g/mol. The van der Waals surface area contributed by atoms with E-state index in [1.165, 1.54) is 23.3 Å². The Labute approximate surface area is 126 Å². The predicted octanol–water partition coefficient (Wildman–Crippen LogP) is 0.471. The van der Waals surface area contributed by atoms with Crippen LogP contribution in [0.15, 0.2) is 11.4 Å². The summed E-state index contributed by atoms with van der Waals surface area (Å²) in [6.45, 7) is 0.0132. The number of carbonyl (C=O) groups excluding carboxylic acids is 1. The molecule has 2 rings (SSSR count). The molecule has 0 radical (unpaired) electrons. The van der Waals surface area contributed by atoms with Gasteiger partial charge in [0.15, 0.2) is 9.84 Å². The highest BCUT2D eigenvalue weighted by Crippen LogP contribution is 2.25. The van der Waals surface area contributed by atoms with E-state index in [-0.39, 0.29) is 30.4 Å². The number of methoxy groups -OCH3 is 1. The van der Waals surface area contributed by atoms with Crippen molar-refractivity contribution in [3.05, 3.63) is 16.3 Å². The largest absolute Gasteiger partial charge is 0.496 e. The van der Waals surface area contributed by atoms with Gasteiger partial charge in [0.1, 0.15) is 5.75 Å². The topological polar surface area (TPSA) is 101 Å². The van der Waals surface area contributed by atoms with Crippen molar-refractivity contribution in [1.82, 2.24) is 4.90 Å². The molecule has 2 heterocycles. The Morgan fingerprint density at radius 1 is 1.52 bits per heavy atom. The molecule has 9 heteroatoms. The SMILES string of the molecule is COc1csc(C(=O)N2CCS(=O)(=O)CC2CC(=O)O)c1. The number of thiophene rings is 1. The lowest BCUT2D eigenvalue weighted by Crippen LogP contribution is -2.51. The zero-order chi connectivity index (χ0) is 15.6. The molecule has 0 bridgehead atoms. The van der Waals surface area contributed by atoms with Crippen LogP contribution in [-0.4, -0.2) is 61.5 Å². The first kappa shape index (κ1) is 15.8. The molecule has 1 amide bonds. The van der Waals surface area contributed by atoms with Crippen LogP contribution in [0.25, 0.3) is 0 Å². The van der Waals surface area contributed by atoms with Gasteiger partial charge in [-0.2, -0.15) is 0 Å². The van der Waals surface area contributed by atoms with E-state index in [2.05, 4.69) is 0 Å². The van der Waals surface area contributed by atoms with Crippen LogP contribution in [0.4, 0.5) is 0 Å². The highest BCUT2D eigenvalue weighted by Gasteiger charge is 2.36. The summed E-state index contributed by atoms with van der Waals surface area (Å²) >= 11 is 1.18. The number of aliphatic carboxylic acids is 1. The van der Waals surface area contributed by atoms with Crippen molar-refractivity contribution >= 4 is 33.1 Å². The molecule has 1 saturated heterocycles. The minimum atomic E-state index is -3.30. The Morgan fingerprint density at radius 2 is 2.24 bits per heavy atom. The molecule has 0 spiro atoms. The third-order valence-electron chi connectivity index (χ3n) is 3.22. The Kier molecular flexibility index (Phi) is 4.52. The third-order valence-corrected chi connectivity index (χ3v) is 5.82. The highest BCUT2D eigenvalue weighted by atomic mass is 32.2. The zero-order valence-corrected chi connectivity index (χ0v) is 12.9. The van der Waals surface area contributed by atoms with Crippen LogP contribution in [0, 0.1) is 0 Å². The number of carboxylic acids is 1. The van der Waals surface area contributed by atoms with Crippen molar-refractivity contribution in [3.8, 4) is 5.75 Å². The van der Waals surface area contributed by atoms with Crippen LogP contribution in [-0.2, 0) is 14.6 Å². The van der Waals surface area contributed by atoms with Gasteiger partial charge in [-0.1, -0.05) is 0 Å². The van der Waals surface area contributed by atoms with Gasteiger partial charge in [-0.05, 0) is 0 Å². The standard InChI is InChI=1S/C12H15NO6S2/c1-19-9-5-10(20-6-9)12(16)13-2-3-21(17,18)7-8(13)4-11(14)15/h5-6,8H,2-4,7H2,1H3,(H,14,15). The van der Waals surface area contributed by atoms with Gasteiger partial charge in [-0.3, -0.25) is 9.59 Å². The van der Waals surface area contributed by atoms with Crippen molar-refractivity contribution in [1.29, 1.82) is 0 Å². The number of carboxylic acid groups (broad SMARTS) is 1. The van der Waals surface area contributed by atoms with E-state index in [9.17, 15) is 18.0 Å². The Morgan fingerprint density at radius 3 is 2.81 bits per heavy atom. The van der Waals surface area contributed by atoms with E-state index in [1.54, 1.807) is 11.4 Å². The molecule has 1 aliphatic rings. The Balaban J connectivity index is 2.22. The van der Waals surface area contributed by atoms with E-state index >= 15 is 0 Å². The second-order valence-corrected chi connectivity index (χ2v) is 7.86. The highest BCUT2D eigenvalue weighted by molar-refractivity contribution is 7.91. The number of nitrogens with zero attached hydrogens (tertiary/aromatic N) is 1. The fourth-order valence-electron chi connectivity index (χ4n) is 2.20. The summed E-state index contributed by atoms with van der Waals surface area (Å²) in [7, 11) is -1.82. The van der Waals surface area contributed by atoms with Gasteiger partial charge in [-0.25, -0.2) is 8.42 Å². The lowest BCUT2D eigenvalue weighted by Gasteiger charge is -2.34. The van der Waals surface area contributed by atoms with Crippen LogP contribution in [0.1, 0.15) is 16.1 Å². The molecule has 1 aliphatic heterocycles. The minimum absolute atomic E-state index is 0.0132. The van der Waals surface area contributed by atoms with Gasteiger partial charge in [0.25, 0.3) is 5.91 Å². The molecule has 1 atom stereocenters. The van der Waals surface area contributed by atoms with Crippen molar-refractivity contribution in [3.63, 3.8) is 0 Å². The van der Waals surface area contributed by atoms with Gasteiger partial charge >= 0.3 is 5.97 Å². The van der Waals surface area contributed by atoms with Crippen molar-refractivity contribution in [2.45, 2.75) is 12.5 Å². The fourth-order valence-corrected chi connectivity index (χ4v) is 4.54. The Bertz CT molecular complexity index is 650. The predicted molar refractivity (Wildman–Crippen MR) is 76.6 cm³/mol. The molecule has 1 fully saturated rings. The van der Waals surface area contributed by atoms with Crippen LogP contribution in [0.3, 0.4) is 0 Å². The average Bonchev–Trinajstić information content (AvgIpc) is 2.85. The lowest BCUT2D eigenvalue weighted by molar-refractivity contribution is -0.138. The van der Waals surface area contributed by atoms with E-state index in [0.717, 1.165) is 0 Å². The summed E-state index contributed by atoms with van der Waals surface area (Å²) in [6, 6.07) is 0.732. The molecule has 0 aliphatic carbocycles. The first-order chi connectivity index (χ1) is 9.82. The number of rotatable bonds is 4. The molecule has 21 heavy (non-hydrogen) atoms. The molecule has 1 unspecified atom stereocenters. The number of amides is 1. The lowest BCUT2D eigenvalue weighted by atomic mass is 10.2. The number of sulfone groups is 1. The Hall–Kier alpha value is -1.61. The molecule has 0 saturated carbocycles. The minimum Gasteiger partial charge on any atom is -0.496 e. The van der Waals surface area contributed by atoms with Crippen LogP contribution in [0.2, 0.25) is 0 Å². The van der Waals surface area contributed by atoms with Crippen LogP contribution < -0.4 is 4.74 Å².